The van der Waals surface area contributed by atoms with Crippen LogP contribution in [0.4, 0.5) is 0 Å². The molecule has 1 rings (SSSR count). The van der Waals surface area contributed by atoms with E-state index >= 15 is 0 Å². The minimum atomic E-state index is -0.933. The first kappa shape index (κ1) is 12.7. The van der Waals surface area contributed by atoms with E-state index in [0.717, 1.165) is 0 Å². The van der Waals surface area contributed by atoms with Crippen LogP contribution in [0.3, 0.4) is 0 Å². The summed E-state index contributed by atoms with van der Waals surface area (Å²) in [4.78, 5) is 22.5. The van der Waals surface area contributed by atoms with Crippen LogP contribution in [0.2, 0.25) is 5.02 Å². The Balaban J connectivity index is 2.75. The van der Waals surface area contributed by atoms with Gasteiger partial charge in [0.15, 0.2) is 5.78 Å². The topological polar surface area (TPSA) is 54.4 Å². The van der Waals surface area contributed by atoms with Crippen LogP contribution in [0.15, 0.2) is 24.3 Å². The Labute approximate surface area is 99.0 Å². The molecule has 0 fully saturated rings. The zero-order valence-corrected chi connectivity index (χ0v) is 9.70. The van der Waals surface area contributed by atoms with Crippen molar-refractivity contribution in [3.63, 3.8) is 0 Å². The fourth-order valence-corrected chi connectivity index (χ4v) is 1.60. The van der Waals surface area contributed by atoms with Gasteiger partial charge < -0.3 is 5.11 Å². The normalized spacial score (nSPS) is 12.1. The number of Topliss-reactive ketones (excluding diaryl/α,β-unsaturated/α-hetero) is 1. The van der Waals surface area contributed by atoms with Crippen LogP contribution in [0.5, 0.6) is 0 Å². The van der Waals surface area contributed by atoms with E-state index in [0.29, 0.717) is 17.0 Å². The van der Waals surface area contributed by atoms with E-state index < -0.39 is 11.9 Å². The van der Waals surface area contributed by atoms with Gasteiger partial charge in [0.1, 0.15) is 0 Å². The Hall–Kier alpha value is -1.35. The van der Waals surface area contributed by atoms with Gasteiger partial charge in [-0.3, -0.25) is 9.59 Å². The summed E-state index contributed by atoms with van der Waals surface area (Å²) in [6.07, 6.45) is 0.466. The number of carbonyl (C=O) groups is 2. The van der Waals surface area contributed by atoms with Crippen molar-refractivity contribution in [2.75, 3.05) is 0 Å². The first-order chi connectivity index (χ1) is 7.54. The maximum Gasteiger partial charge on any atom is 0.306 e. The van der Waals surface area contributed by atoms with Gasteiger partial charge in [-0.05, 0) is 18.6 Å². The van der Waals surface area contributed by atoms with E-state index in [1.807, 2.05) is 0 Å². The average Bonchev–Trinajstić information content (AvgIpc) is 2.25. The number of hydrogen-bond donors (Lipinski definition) is 1. The molecule has 0 aliphatic heterocycles. The standard InChI is InChI=1S/C12H13ClO3/c1-2-8(12(15)16)7-11(14)9-4-3-5-10(13)6-9/h3-6,8H,2,7H2,1H3,(H,15,16). The van der Waals surface area contributed by atoms with Crippen molar-refractivity contribution in [1.82, 2.24) is 0 Å². The molecule has 1 aromatic rings. The van der Waals surface area contributed by atoms with Crippen molar-refractivity contribution in [3.8, 4) is 0 Å². The lowest BCUT2D eigenvalue weighted by Crippen LogP contribution is -2.17. The number of aliphatic carboxylic acids is 1. The number of carboxylic acid groups (broad SMARTS) is 1. The molecule has 1 unspecified atom stereocenters. The Bertz CT molecular complexity index is 401. The van der Waals surface area contributed by atoms with Crippen molar-refractivity contribution < 1.29 is 14.7 Å². The summed E-state index contributed by atoms with van der Waals surface area (Å²) < 4.78 is 0. The summed E-state index contributed by atoms with van der Waals surface area (Å²) in [5, 5.41) is 9.33. The van der Waals surface area contributed by atoms with Crippen molar-refractivity contribution >= 4 is 23.4 Å². The van der Waals surface area contributed by atoms with Gasteiger partial charge in [-0.25, -0.2) is 0 Å². The molecule has 0 heterocycles. The van der Waals surface area contributed by atoms with Gasteiger partial charge in [-0.15, -0.1) is 0 Å². The highest BCUT2D eigenvalue weighted by atomic mass is 35.5. The molecule has 0 aromatic heterocycles. The van der Waals surface area contributed by atoms with Crippen LogP contribution in [-0.2, 0) is 4.79 Å². The number of ketones is 1. The molecule has 16 heavy (non-hydrogen) atoms. The summed E-state index contributed by atoms with van der Waals surface area (Å²) in [6, 6.07) is 6.55. The molecule has 0 amide bonds. The summed E-state index contributed by atoms with van der Waals surface area (Å²) in [6.45, 7) is 1.75. The third kappa shape index (κ3) is 3.35. The number of benzene rings is 1. The predicted molar refractivity (Wildman–Crippen MR) is 61.8 cm³/mol. The molecule has 1 N–H and O–H groups in total. The molecule has 0 aliphatic carbocycles. The van der Waals surface area contributed by atoms with Crippen LogP contribution in [-0.4, -0.2) is 16.9 Å². The van der Waals surface area contributed by atoms with Gasteiger partial charge in [0.05, 0.1) is 5.92 Å². The number of halogens is 1. The summed E-state index contributed by atoms with van der Waals surface area (Å²) in [7, 11) is 0. The number of carboxylic acids is 1. The second-order valence-electron chi connectivity index (χ2n) is 3.58. The van der Waals surface area contributed by atoms with Crippen LogP contribution >= 0.6 is 11.6 Å². The van der Waals surface area contributed by atoms with Gasteiger partial charge in [0, 0.05) is 17.0 Å². The minimum absolute atomic E-state index is 0.0200. The molecule has 0 aliphatic rings. The Morgan fingerprint density at radius 2 is 2.12 bits per heavy atom. The second kappa shape index (κ2) is 5.66. The molecular weight excluding hydrogens is 228 g/mol. The molecule has 1 aromatic carbocycles. The SMILES string of the molecule is CCC(CC(=O)c1cccc(Cl)c1)C(=O)O. The number of hydrogen-bond acceptors (Lipinski definition) is 2. The Morgan fingerprint density at radius 1 is 1.44 bits per heavy atom. The van der Waals surface area contributed by atoms with Gasteiger partial charge in [0.25, 0.3) is 0 Å². The summed E-state index contributed by atoms with van der Waals surface area (Å²) in [5.74, 6) is -1.74. The van der Waals surface area contributed by atoms with Crippen molar-refractivity contribution in [2.24, 2.45) is 5.92 Å². The highest BCUT2D eigenvalue weighted by molar-refractivity contribution is 6.31. The molecule has 86 valence electrons. The van der Waals surface area contributed by atoms with E-state index in [1.54, 1.807) is 31.2 Å². The van der Waals surface area contributed by atoms with E-state index in [-0.39, 0.29) is 12.2 Å². The maximum atomic E-state index is 11.7. The maximum absolute atomic E-state index is 11.7. The van der Waals surface area contributed by atoms with E-state index in [9.17, 15) is 9.59 Å². The summed E-state index contributed by atoms with van der Waals surface area (Å²) >= 11 is 5.75. The quantitative estimate of drug-likeness (QED) is 0.805. The van der Waals surface area contributed by atoms with Crippen molar-refractivity contribution in [2.45, 2.75) is 19.8 Å². The van der Waals surface area contributed by atoms with Crippen LogP contribution in [0.25, 0.3) is 0 Å². The fraction of sp³-hybridized carbons (Fsp3) is 0.333. The first-order valence-electron chi connectivity index (χ1n) is 5.06. The lowest BCUT2D eigenvalue weighted by atomic mass is 9.96. The van der Waals surface area contributed by atoms with Gasteiger partial charge in [-0.2, -0.15) is 0 Å². The third-order valence-electron chi connectivity index (χ3n) is 2.42. The Kier molecular flexibility index (Phi) is 4.50. The van der Waals surface area contributed by atoms with Gasteiger partial charge >= 0.3 is 5.97 Å². The van der Waals surface area contributed by atoms with Gasteiger partial charge in [0.2, 0.25) is 0 Å². The van der Waals surface area contributed by atoms with Gasteiger partial charge in [-0.1, -0.05) is 30.7 Å². The zero-order chi connectivity index (χ0) is 12.1. The van der Waals surface area contributed by atoms with Crippen molar-refractivity contribution in [1.29, 1.82) is 0 Å². The molecule has 4 heteroatoms. The lowest BCUT2D eigenvalue weighted by molar-refractivity contribution is -0.141. The van der Waals surface area contributed by atoms with Crippen LogP contribution < -0.4 is 0 Å². The summed E-state index contributed by atoms with van der Waals surface area (Å²) in [5.41, 5.74) is 0.465. The van der Waals surface area contributed by atoms with Crippen LogP contribution in [0, 0.1) is 5.92 Å². The lowest BCUT2D eigenvalue weighted by Gasteiger charge is -2.08. The van der Waals surface area contributed by atoms with E-state index in [2.05, 4.69) is 0 Å². The molecule has 3 nitrogen and oxygen atoms in total. The average molecular weight is 241 g/mol. The molecule has 1 atom stereocenters. The second-order valence-corrected chi connectivity index (χ2v) is 4.02. The fourth-order valence-electron chi connectivity index (χ4n) is 1.41. The molecule has 0 saturated heterocycles. The van der Waals surface area contributed by atoms with E-state index in [4.69, 9.17) is 16.7 Å². The number of rotatable bonds is 5. The molecular formula is C12H13ClO3. The molecule has 0 spiro atoms. The largest absolute Gasteiger partial charge is 0.481 e. The highest BCUT2D eigenvalue weighted by Crippen LogP contribution is 2.16. The van der Waals surface area contributed by atoms with Crippen molar-refractivity contribution in [3.05, 3.63) is 34.9 Å². The van der Waals surface area contributed by atoms with Crippen LogP contribution in [0.1, 0.15) is 30.1 Å². The minimum Gasteiger partial charge on any atom is -0.481 e. The zero-order valence-electron chi connectivity index (χ0n) is 8.94. The van der Waals surface area contributed by atoms with E-state index in [1.165, 1.54) is 0 Å². The predicted octanol–water partition coefficient (Wildman–Crippen LogP) is 3.02. The smallest absolute Gasteiger partial charge is 0.306 e. The molecule has 0 saturated carbocycles. The monoisotopic (exact) mass is 240 g/mol. The Morgan fingerprint density at radius 3 is 2.62 bits per heavy atom. The molecule has 0 radical (unpaired) electrons. The third-order valence-corrected chi connectivity index (χ3v) is 2.66. The highest BCUT2D eigenvalue weighted by Gasteiger charge is 2.19. The molecule has 0 bridgehead atoms. The first-order valence-corrected chi connectivity index (χ1v) is 5.44. The number of carbonyl (C=O) groups excluding carboxylic acids is 1.